The molecule has 0 aliphatic carbocycles. The summed E-state index contributed by atoms with van der Waals surface area (Å²) in [5, 5.41) is -0.300. The zero-order valence-electron chi connectivity index (χ0n) is 16.0. The molecule has 0 aromatic heterocycles. The molecule has 26 heavy (non-hydrogen) atoms. The molecule has 0 N–H and O–H groups in total. The van der Waals surface area contributed by atoms with Crippen LogP contribution in [0.5, 0.6) is 0 Å². The fourth-order valence-electron chi connectivity index (χ4n) is 2.18. The Morgan fingerprint density at radius 2 is 1.65 bits per heavy atom. The van der Waals surface area contributed by atoms with Crippen molar-refractivity contribution in [3.8, 4) is 0 Å². The molecule has 1 aromatic rings. The summed E-state index contributed by atoms with van der Waals surface area (Å²) >= 11 is 1.08. The minimum Gasteiger partial charge on any atom is -0.465 e. The number of rotatable bonds is 9. The summed E-state index contributed by atoms with van der Waals surface area (Å²) in [4.78, 5) is 25.9. The van der Waals surface area contributed by atoms with Crippen molar-refractivity contribution in [1.29, 1.82) is 0 Å². The monoisotopic (exact) mass is 401 g/mol. The highest BCUT2D eigenvalue weighted by molar-refractivity contribution is 8.12. The number of carbonyl (C=O) groups excluding carboxylic acids is 2. The van der Waals surface area contributed by atoms with Crippen LogP contribution in [0.2, 0.25) is 0 Å². The zero-order chi connectivity index (χ0) is 19.7. The van der Waals surface area contributed by atoms with Gasteiger partial charge in [0.1, 0.15) is 12.8 Å². The second-order valence-corrected chi connectivity index (χ2v) is 10.2. The molecule has 0 bridgehead atoms. The maximum atomic E-state index is 13.2. The van der Waals surface area contributed by atoms with Crippen LogP contribution in [0.3, 0.4) is 0 Å². The Bertz CT molecular complexity index is 628. The van der Waals surface area contributed by atoms with E-state index in [0.717, 1.165) is 17.3 Å². The van der Waals surface area contributed by atoms with Crippen molar-refractivity contribution >= 4 is 30.4 Å². The number of carbonyl (C=O) groups is 2. The average Bonchev–Trinajstić information content (AvgIpc) is 2.59. The number of esters is 1. The van der Waals surface area contributed by atoms with E-state index in [1.54, 1.807) is 44.5 Å². The fourth-order valence-corrected chi connectivity index (χ4v) is 4.96. The van der Waals surface area contributed by atoms with E-state index in [2.05, 4.69) is 0 Å². The Kier molecular flexibility index (Phi) is 9.36. The lowest BCUT2D eigenvalue weighted by Crippen LogP contribution is -2.38. The molecule has 0 atom stereocenters. The van der Waals surface area contributed by atoms with E-state index in [1.807, 2.05) is 30.3 Å². The van der Waals surface area contributed by atoms with Gasteiger partial charge in [-0.05, 0) is 40.7 Å². The molecule has 0 radical (unpaired) electrons. The van der Waals surface area contributed by atoms with Crippen molar-refractivity contribution in [1.82, 2.24) is 14.2 Å². The van der Waals surface area contributed by atoms with E-state index in [0.29, 0.717) is 5.75 Å². The summed E-state index contributed by atoms with van der Waals surface area (Å²) in [6.45, 7) is 1.72. The van der Waals surface area contributed by atoms with Crippen molar-refractivity contribution in [2.24, 2.45) is 0 Å². The second-order valence-electron chi connectivity index (χ2n) is 6.04. The molecule has 1 amide bonds. The van der Waals surface area contributed by atoms with Crippen LogP contribution in [0, 0.1) is 0 Å². The zero-order valence-corrected chi connectivity index (χ0v) is 17.8. The Morgan fingerprint density at radius 1 is 1.08 bits per heavy atom. The van der Waals surface area contributed by atoms with Crippen LogP contribution in [0.1, 0.15) is 12.5 Å². The first kappa shape index (κ1) is 22.7. The lowest BCUT2D eigenvalue weighted by atomic mass is 10.2. The summed E-state index contributed by atoms with van der Waals surface area (Å²) in [6.07, 6.45) is -0.0492. The maximum Gasteiger partial charge on any atom is 0.325 e. The van der Waals surface area contributed by atoms with Crippen LogP contribution >= 0.6 is 19.2 Å². The molecule has 0 unspecified atom stereocenters. The van der Waals surface area contributed by atoms with Crippen LogP contribution in [0.15, 0.2) is 30.3 Å². The van der Waals surface area contributed by atoms with E-state index in [1.165, 1.54) is 4.90 Å². The summed E-state index contributed by atoms with van der Waals surface area (Å²) in [5.41, 5.74) is 1.00. The third kappa shape index (κ3) is 6.76. The van der Waals surface area contributed by atoms with Crippen LogP contribution in [0.25, 0.3) is 0 Å². The number of hydrogen-bond acceptors (Lipinski definition) is 5. The van der Waals surface area contributed by atoms with Gasteiger partial charge in [0.05, 0.1) is 6.61 Å². The predicted octanol–water partition coefficient (Wildman–Crippen LogP) is 3.18. The molecule has 0 heterocycles. The lowest BCUT2D eigenvalue weighted by Gasteiger charge is -2.34. The first-order chi connectivity index (χ1) is 12.2. The van der Waals surface area contributed by atoms with Gasteiger partial charge < -0.3 is 9.64 Å². The SMILES string of the molecule is CCOC(=O)CN(CP(=O)(N(C)C)N(C)C)C(=O)SCc1ccccc1. The Labute approximate surface area is 160 Å². The van der Waals surface area contributed by atoms with Gasteiger partial charge in [-0.15, -0.1) is 0 Å². The van der Waals surface area contributed by atoms with E-state index in [-0.39, 0.29) is 24.7 Å². The van der Waals surface area contributed by atoms with Gasteiger partial charge in [-0.2, -0.15) is 0 Å². The molecule has 0 aliphatic rings. The van der Waals surface area contributed by atoms with Crippen molar-refractivity contribution < 1.29 is 18.9 Å². The fraction of sp³-hybridized carbons (Fsp3) is 0.529. The first-order valence-corrected chi connectivity index (χ1v) is 11.0. The number of ether oxygens (including phenoxy) is 1. The molecule has 0 saturated carbocycles. The van der Waals surface area contributed by atoms with Crippen LogP contribution in [-0.2, 0) is 19.8 Å². The van der Waals surface area contributed by atoms with E-state index >= 15 is 0 Å². The summed E-state index contributed by atoms with van der Waals surface area (Å²) in [7, 11) is 3.80. The van der Waals surface area contributed by atoms with Crippen LogP contribution in [-0.4, -0.2) is 73.1 Å². The van der Waals surface area contributed by atoms with Gasteiger partial charge in [-0.25, -0.2) is 9.34 Å². The normalized spacial score (nSPS) is 11.7. The molecule has 146 valence electrons. The van der Waals surface area contributed by atoms with Gasteiger partial charge in [-0.1, -0.05) is 42.1 Å². The van der Waals surface area contributed by atoms with Crippen LogP contribution in [0.4, 0.5) is 4.79 Å². The third-order valence-corrected chi connectivity index (χ3v) is 7.89. The van der Waals surface area contributed by atoms with Crippen molar-refractivity contribution in [3.63, 3.8) is 0 Å². The number of benzene rings is 1. The van der Waals surface area contributed by atoms with Gasteiger partial charge in [0, 0.05) is 5.75 Å². The molecule has 9 heteroatoms. The number of thioether (sulfide) groups is 1. The van der Waals surface area contributed by atoms with E-state index in [4.69, 9.17) is 4.74 Å². The summed E-state index contributed by atoms with van der Waals surface area (Å²) in [5.74, 6) is -0.0297. The lowest BCUT2D eigenvalue weighted by molar-refractivity contribution is -0.143. The predicted molar refractivity (Wildman–Crippen MR) is 106 cm³/mol. The number of nitrogens with zero attached hydrogens (tertiary/aromatic N) is 3. The largest absolute Gasteiger partial charge is 0.465 e. The van der Waals surface area contributed by atoms with E-state index < -0.39 is 13.4 Å². The highest BCUT2D eigenvalue weighted by Crippen LogP contribution is 2.50. The van der Waals surface area contributed by atoms with Crippen molar-refractivity contribution in [2.75, 3.05) is 47.6 Å². The Hall–Kier alpha value is -1.34. The molecule has 0 saturated heterocycles. The molecule has 0 spiro atoms. The Morgan fingerprint density at radius 3 is 2.15 bits per heavy atom. The molecule has 1 rings (SSSR count). The van der Waals surface area contributed by atoms with Gasteiger partial charge in [0.25, 0.3) is 5.24 Å². The molecule has 7 nitrogen and oxygen atoms in total. The van der Waals surface area contributed by atoms with Crippen molar-refractivity contribution in [2.45, 2.75) is 12.7 Å². The second kappa shape index (κ2) is 10.7. The van der Waals surface area contributed by atoms with Gasteiger partial charge in [0.2, 0.25) is 7.44 Å². The number of hydrogen-bond donors (Lipinski definition) is 0. The van der Waals surface area contributed by atoms with Gasteiger partial charge in [-0.3, -0.25) is 14.2 Å². The minimum atomic E-state index is -2.99. The molecule has 1 aromatic carbocycles. The smallest absolute Gasteiger partial charge is 0.325 e. The summed E-state index contributed by atoms with van der Waals surface area (Å²) < 4.78 is 21.4. The molecule has 0 fully saturated rings. The molecular formula is C17H28N3O4PS. The van der Waals surface area contributed by atoms with Gasteiger partial charge >= 0.3 is 5.97 Å². The quantitative estimate of drug-likeness (QED) is 0.465. The minimum absolute atomic E-state index is 0.0492. The number of amides is 1. The van der Waals surface area contributed by atoms with Crippen molar-refractivity contribution in [3.05, 3.63) is 35.9 Å². The maximum absolute atomic E-state index is 13.2. The van der Waals surface area contributed by atoms with Crippen LogP contribution < -0.4 is 0 Å². The summed E-state index contributed by atoms with van der Waals surface area (Å²) in [6, 6.07) is 9.58. The highest BCUT2D eigenvalue weighted by Gasteiger charge is 2.33. The molecular weight excluding hydrogens is 373 g/mol. The average molecular weight is 401 g/mol. The Balaban J connectivity index is 2.90. The first-order valence-electron chi connectivity index (χ1n) is 8.26. The van der Waals surface area contributed by atoms with Gasteiger partial charge in [0.15, 0.2) is 0 Å². The topological polar surface area (TPSA) is 70.2 Å². The standard InChI is InChI=1S/C17H28N3O4PS/c1-6-24-16(21)12-20(14-25(23,18(2)3)19(4)5)17(22)26-13-15-10-8-7-9-11-15/h7-11H,6,12-14H2,1-5H3. The van der Waals surface area contributed by atoms with E-state index in [9.17, 15) is 14.2 Å². The third-order valence-electron chi connectivity index (χ3n) is 3.69. The molecule has 0 aliphatic heterocycles. The highest BCUT2D eigenvalue weighted by atomic mass is 32.2.